The van der Waals surface area contributed by atoms with Crippen LogP contribution in [0.5, 0.6) is 0 Å². The molecule has 1 saturated heterocycles. The molecule has 0 unspecified atom stereocenters. The van der Waals surface area contributed by atoms with Crippen LogP contribution in [-0.2, 0) is 14.4 Å². The molecule has 118 valence electrons. The summed E-state index contributed by atoms with van der Waals surface area (Å²) in [6.45, 7) is 2.23. The molecule has 0 aromatic rings. The third-order valence-electron chi connectivity index (χ3n) is 5.00. The summed E-state index contributed by atoms with van der Waals surface area (Å²) in [4.78, 5) is 36.5. The number of carboxylic acid groups (broad SMARTS) is 1. The fourth-order valence-corrected chi connectivity index (χ4v) is 3.72. The van der Waals surface area contributed by atoms with Crippen molar-refractivity contribution in [2.75, 3.05) is 6.54 Å². The Morgan fingerprint density at radius 1 is 1.10 bits per heavy atom. The van der Waals surface area contributed by atoms with Gasteiger partial charge in [-0.15, -0.1) is 0 Å². The summed E-state index contributed by atoms with van der Waals surface area (Å²) in [6.07, 6.45) is 6.69. The van der Waals surface area contributed by atoms with Gasteiger partial charge in [0.15, 0.2) is 0 Å². The molecule has 0 spiro atoms. The van der Waals surface area contributed by atoms with Crippen LogP contribution in [0.3, 0.4) is 0 Å². The van der Waals surface area contributed by atoms with Crippen LogP contribution in [0.25, 0.3) is 0 Å². The van der Waals surface area contributed by atoms with Crippen molar-refractivity contribution in [1.29, 1.82) is 0 Å². The second-order valence-corrected chi connectivity index (χ2v) is 6.36. The first-order valence-electron chi connectivity index (χ1n) is 8.07. The van der Waals surface area contributed by atoms with E-state index in [1.807, 2.05) is 0 Å². The molecule has 21 heavy (non-hydrogen) atoms. The highest BCUT2D eigenvalue weighted by atomic mass is 16.4. The summed E-state index contributed by atoms with van der Waals surface area (Å²) >= 11 is 0. The first kappa shape index (κ1) is 16.0. The highest BCUT2D eigenvalue weighted by Gasteiger charge is 2.42. The number of aliphatic carboxylic acids is 1. The van der Waals surface area contributed by atoms with Crippen molar-refractivity contribution >= 4 is 17.7 Å². The summed E-state index contributed by atoms with van der Waals surface area (Å²) in [6, 6.07) is -0.742. The van der Waals surface area contributed by atoms with Gasteiger partial charge in [0.2, 0.25) is 5.91 Å². The fourth-order valence-electron chi connectivity index (χ4n) is 3.72. The molecule has 1 amide bonds. The summed E-state index contributed by atoms with van der Waals surface area (Å²) in [5, 5.41) is 9.36. The summed E-state index contributed by atoms with van der Waals surface area (Å²) in [5.41, 5.74) is 0. The molecule has 1 heterocycles. The lowest BCUT2D eigenvalue weighted by Crippen LogP contribution is -2.41. The van der Waals surface area contributed by atoms with E-state index in [4.69, 9.17) is 0 Å². The first-order chi connectivity index (χ1) is 10.0. The number of ketones is 1. The standard InChI is InChI=1S/C16H25NO4/c1-2-13(18)9-15(19)17-10-12(8-14(17)16(20)21)11-6-4-3-5-7-11/h11-12,14H,2-10H2,1H3,(H,20,21)/t12-,14+/m1/s1. The molecule has 0 bridgehead atoms. The highest BCUT2D eigenvalue weighted by Crippen LogP contribution is 2.37. The van der Waals surface area contributed by atoms with Crippen molar-refractivity contribution in [2.24, 2.45) is 11.8 Å². The van der Waals surface area contributed by atoms with Crippen molar-refractivity contribution in [2.45, 2.75) is 64.3 Å². The maximum Gasteiger partial charge on any atom is 0.326 e. The maximum atomic E-state index is 12.2. The van der Waals surface area contributed by atoms with Crippen LogP contribution in [-0.4, -0.2) is 40.3 Å². The van der Waals surface area contributed by atoms with Gasteiger partial charge in [0.1, 0.15) is 11.8 Å². The van der Waals surface area contributed by atoms with Crippen LogP contribution in [0.15, 0.2) is 0 Å². The molecule has 5 nitrogen and oxygen atoms in total. The van der Waals surface area contributed by atoms with E-state index in [9.17, 15) is 19.5 Å². The molecule has 2 aliphatic rings. The normalized spacial score (nSPS) is 26.8. The second-order valence-electron chi connectivity index (χ2n) is 6.36. The topological polar surface area (TPSA) is 74.7 Å². The van der Waals surface area contributed by atoms with E-state index in [1.165, 1.54) is 24.2 Å². The Bertz CT molecular complexity index is 415. The second kappa shape index (κ2) is 7.05. The van der Waals surface area contributed by atoms with Crippen LogP contribution in [0, 0.1) is 11.8 Å². The SMILES string of the molecule is CCC(=O)CC(=O)N1C[C@H](C2CCCCC2)C[C@H]1C(=O)O. The quantitative estimate of drug-likeness (QED) is 0.789. The molecule has 1 aliphatic carbocycles. The lowest BCUT2D eigenvalue weighted by molar-refractivity contribution is -0.149. The molecule has 2 fully saturated rings. The number of nitrogens with zero attached hydrogens (tertiary/aromatic N) is 1. The number of carbonyl (C=O) groups is 3. The molecular formula is C16H25NO4. The zero-order valence-corrected chi connectivity index (χ0v) is 12.7. The number of hydrogen-bond donors (Lipinski definition) is 1. The molecule has 2 rings (SSSR count). The molecule has 1 saturated carbocycles. The lowest BCUT2D eigenvalue weighted by atomic mass is 9.79. The number of hydrogen-bond acceptors (Lipinski definition) is 3. The first-order valence-corrected chi connectivity index (χ1v) is 8.07. The van der Waals surface area contributed by atoms with E-state index in [1.54, 1.807) is 6.92 Å². The lowest BCUT2D eigenvalue weighted by Gasteiger charge is -2.27. The Kier molecular flexibility index (Phi) is 5.37. The number of likely N-dealkylation sites (tertiary alicyclic amines) is 1. The van der Waals surface area contributed by atoms with Crippen molar-refractivity contribution < 1.29 is 19.5 Å². The Morgan fingerprint density at radius 2 is 1.76 bits per heavy atom. The number of Topliss-reactive ketones (excluding diaryl/α,β-unsaturated/α-hetero) is 1. The van der Waals surface area contributed by atoms with E-state index in [0.717, 1.165) is 12.8 Å². The van der Waals surface area contributed by atoms with Crippen LogP contribution in [0.4, 0.5) is 0 Å². The number of carboxylic acids is 1. The summed E-state index contributed by atoms with van der Waals surface area (Å²) in [5.74, 6) is -0.546. The fraction of sp³-hybridized carbons (Fsp3) is 0.812. The van der Waals surface area contributed by atoms with E-state index in [0.29, 0.717) is 25.3 Å². The molecule has 0 radical (unpaired) electrons. The molecule has 2 atom stereocenters. The Balaban J connectivity index is 2.02. The van der Waals surface area contributed by atoms with Crippen LogP contribution >= 0.6 is 0 Å². The van der Waals surface area contributed by atoms with Crippen molar-refractivity contribution in [3.63, 3.8) is 0 Å². The van der Waals surface area contributed by atoms with Crippen LogP contribution in [0.1, 0.15) is 58.3 Å². The van der Waals surface area contributed by atoms with Gasteiger partial charge in [-0.2, -0.15) is 0 Å². The van der Waals surface area contributed by atoms with Gasteiger partial charge in [0.25, 0.3) is 0 Å². The van der Waals surface area contributed by atoms with Gasteiger partial charge in [-0.25, -0.2) is 4.79 Å². The average Bonchev–Trinajstić information content (AvgIpc) is 2.93. The monoisotopic (exact) mass is 295 g/mol. The van der Waals surface area contributed by atoms with E-state index in [2.05, 4.69) is 0 Å². The van der Waals surface area contributed by atoms with E-state index < -0.39 is 12.0 Å². The Morgan fingerprint density at radius 3 is 2.33 bits per heavy atom. The largest absolute Gasteiger partial charge is 0.480 e. The molecular weight excluding hydrogens is 270 g/mol. The molecule has 5 heteroatoms. The Hall–Kier alpha value is -1.39. The van der Waals surface area contributed by atoms with Gasteiger partial charge in [-0.1, -0.05) is 39.0 Å². The smallest absolute Gasteiger partial charge is 0.326 e. The Labute approximate surface area is 125 Å². The number of carbonyl (C=O) groups excluding carboxylic acids is 2. The van der Waals surface area contributed by atoms with Crippen molar-refractivity contribution in [3.8, 4) is 0 Å². The van der Waals surface area contributed by atoms with Gasteiger partial charge in [-0.05, 0) is 18.3 Å². The molecule has 1 aliphatic heterocycles. The minimum absolute atomic E-state index is 0.120. The van der Waals surface area contributed by atoms with Crippen molar-refractivity contribution in [1.82, 2.24) is 4.90 Å². The number of amides is 1. The summed E-state index contributed by atoms with van der Waals surface area (Å²) < 4.78 is 0. The van der Waals surface area contributed by atoms with Crippen molar-refractivity contribution in [3.05, 3.63) is 0 Å². The summed E-state index contributed by atoms with van der Waals surface area (Å²) in [7, 11) is 0. The predicted octanol–water partition coefficient (Wildman–Crippen LogP) is 2.24. The van der Waals surface area contributed by atoms with E-state index in [-0.39, 0.29) is 24.0 Å². The van der Waals surface area contributed by atoms with Gasteiger partial charge >= 0.3 is 5.97 Å². The molecule has 0 aromatic carbocycles. The minimum atomic E-state index is -0.939. The third-order valence-corrected chi connectivity index (χ3v) is 5.00. The molecule has 0 aromatic heterocycles. The van der Waals surface area contributed by atoms with Crippen LogP contribution in [0.2, 0.25) is 0 Å². The highest BCUT2D eigenvalue weighted by molar-refractivity contribution is 5.99. The van der Waals surface area contributed by atoms with E-state index >= 15 is 0 Å². The zero-order valence-electron chi connectivity index (χ0n) is 12.7. The van der Waals surface area contributed by atoms with Gasteiger partial charge in [-0.3, -0.25) is 9.59 Å². The zero-order chi connectivity index (χ0) is 15.4. The third kappa shape index (κ3) is 3.83. The van der Waals surface area contributed by atoms with Gasteiger partial charge in [0, 0.05) is 13.0 Å². The van der Waals surface area contributed by atoms with Crippen LogP contribution < -0.4 is 0 Å². The molecule has 1 N–H and O–H groups in total. The number of rotatable bonds is 5. The van der Waals surface area contributed by atoms with Gasteiger partial charge in [0.05, 0.1) is 6.42 Å². The predicted molar refractivity (Wildman–Crippen MR) is 77.7 cm³/mol. The minimum Gasteiger partial charge on any atom is -0.480 e. The van der Waals surface area contributed by atoms with Gasteiger partial charge < -0.3 is 10.0 Å². The maximum absolute atomic E-state index is 12.2. The average molecular weight is 295 g/mol.